The molecule has 5 nitrogen and oxygen atoms in total. The fourth-order valence-corrected chi connectivity index (χ4v) is 1.77. The maximum atomic E-state index is 10.4. The van der Waals surface area contributed by atoms with E-state index >= 15 is 0 Å². The van der Waals surface area contributed by atoms with Crippen molar-refractivity contribution in [3.8, 4) is 10.6 Å². The van der Waals surface area contributed by atoms with Crippen LogP contribution in [0.2, 0.25) is 0 Å². The fourth-order valence-electron chi connectivity index (χ4n) is 1.10. The van der Waals surface area contributed by atoms with E-state index in [1.165, 1.54) is 0 Å². The topological polar surface area (TPSA) is 68.9 Å². The number of hydrogen-bond donors (Lipinski definition) is 0. The van der Waals surface area contributed by atoms with Crippen molar-refractivity contribution in [2.24, 2.45) is 0 Å². The number of benzene rings is 1. The van der Waals surface area contributed by atoms with E-state index < -0.39 is 4.92 Å². The highest BCUT2D eigenvalue weighted by atomic mass is 32.1. The molecule has 0 fully saturated rings. The van der Waals surface area contributed by atoms with Gasteiger partial charge in [-0.05, 0) is 28.3 Å². The van der Waals surface area contributed by atoms with Gasteiger partial charge in [0.25, 0.3) is 0 Å². The highest BCUT2D eigenvalue weighted by Gasteiger charge is 2.15. The minimum absolute atomic E-state index is 0.175. The lowest BCUT2D eigenvalue weighted by molar-refractivity contribution is -0.385. The van der Waals surface area contributed by atoms with Crippen molar-refractivity contribution in [3.63, 3.8) is 0 Å². The van der Waals surface area contributed by atoms with Crippen molar-refractivity contribution < 1.29 is 4.92 Å². The second-order valence-electron chi connectivity index (χ2n) is 3.01. The van der Waals surface area contributed by atoms with Gasteiger partial charge in [-0.15, -0.1) is 0 Å². The summed E-state index contributed by atoms with van der Waals surface area (Å²) in [7, 11) is 0. The van der Waals surface area contributed by atoms with Crippen LogP contribution in [-0.2, 0) is 0 Å². The van der Waals surface area contributed by atoms with Crippen LogP contribution in [0, 0.1) is 17.0 Å². The molecule has 0 unspecified atom stereocenters. The number of aryl methyl sites for hydroxylation is 1. The Morgan fingerprint density at radius 3 is 2.47 bits per heavy atom. The second kappa shape index (κ2) is 3.74. The van der Waals surface area contributed by atoms with E-state index in [0.29, 0.717) is 5.01 Å². The van der Waals surface area contributed by atoms with E-state index in [4.69, 9.17) is 0 Å². The summed E-state index contributed by atoms with van der Waals surface area (Å²) in [5.41, 5.74) is 1.99. The summed E-state index contributed by atoms with van der Waals surface area (Å²) in [6.45, 7) is 1.98. The van der Waals surface area contributed by atoms with E-state index in [2.05, 4.69) is 10.2 Å². The lowest BCUT2D eigenvalue weighted by Crippen LogP contribution is -1.84. The molecule has 0 aliphatic heterocycles. The van der Waals surface area contributed by atoms with Crippen LogP contribution in [0.3, 0.4) is 0 Å². The molecule has 1 heterocycles. The Labute approximate surface area is 89.6 Å². The Hall–Kier alpha value is -1.82. The molecule has 0 aliphatic rings. The molecule has 0 atom stereocenters. The lowest BCUT2D eigenvalue weighted by Gasteiger charge is -1.93. The predicted octanol–water partition coefficient (Wildman–Crippen LogP) is 2.42. The zero-order chi connectivity index (χ0) is 10.8. The van der Waals surface area contributed by atoms with Crippen LogP contribution < -0.4 is 0 Å². The Morgan fingerprint density at radius 2 is 1.93 bits per heavy atom. The maximum absolute atomic E-state index is 10.4. The van der Waals surface area contributed by atoms with Gasteiger partial charge in [-0.1, -0.05) is 29.8 Å². The van der Waals surface area contributed by atoms with E-state index in [-0.39, 0.29) is 5.13 Å². The Morgan fingerprint density at radius 1 is 1.27 bits per heavy atom. The van der Waals surface area contributed by atoms with Crippen molar-refractivity contribution in [1.29, 1.82) is 0 Å². The van der Waals surface area contributed by atoms with Crippen LogP contribution >= 0.6 is 11.3 Å². The molecule has 2 rings (SSSR count). The maximum Gasteiger partial charge on any atom is 0.450 e. The first-order chi connectivity index (χ1) is 7.16. The van der Waals surface area contributed by atoms with Crippen molar-refractivity contribution in [3.05, 3.63) is 39.9 Å². The third-order valence-electron chi connectivity index (χ3n) is 1.87. The quantitative estimate of drug-likeness (QED) is 0.576. The van der Waals surface area contributed by atoms with Gasteiger partial charge in [0.1, 0.15) is 0 Å². The highest BCUT2D eigenvalue weighted by Crippen LogP contribution is 2.27. The monoisotopic (exact) mass is 221 g/mol. The molecule has 2 aromatic rings. The van der Waals surface area contributed by atoms with E-state index in [1.54, 1.807) is 0 Å². The predicted molar refractivity (Wildman–Crippen MR) is 56.7 cm³/mol. The first kappa shape index (κ1) is 9.72. The summed E-state index contributed by atoms with van der Waals surface area (Å²) >= 11 is 0.979. The normalized spacial score (nSPS) is 10.2. The van der Waals surface area contributed by atoms with Gasteiger partial charge in [0, 0.05) is 5.56 Å². The smallest absolute Gasteiger partial charge is 0.357 e. The first-order valence-corrected chi connectivity index (χ1v) is 5.03. The van der Waals surface area contributed by atoms with Crippen molar-refractivity contribution in [2.75, 3.05) is 0 Å². The minimum atomic E-state index is -0.532. The number of aromatic nitrogens is 2. The molecule has 76 valence electrons. The summed E-state index contributed by atoms with van der Waals surface area (Å²) in [6, 6.07) is 7.62. The SMILES string of the molecule is Cc1ccc(-c2nnc([N+](=O)[O-])s2)cc1. The summed E-state index contributed by atoms with van der Waals surface area (Å²) in [4.78, 5) is 9.88. The van der Waals surface area contributed by atoms with Crippen molar-refractivity contribution in [2.45, 2.75) is 6.92 Å². The van der Waals surface area contributed by atoms with Gasteiger partial charge >= 0.3 is 5.13 Å². The van der Waals surface area contributed by atoms with E-state index in [0.717, 1.165) is 22.5 Å². The van der Waals surface area contributed by atoms with Gasteiger partial charge < -0.3 is 10.1 Å². The van der Waals surface area contributed by atoms with E-state index in [9.17, 15) is 10.1 Å². The molecular weight excluding hydrogens is 214 g/mol. The number of nitrogens with zero attached hydrogens (tertiary/aromatic N) is 3. The average molecular weight is 221 g/mol. The third kappa shape index (κ3) is 1.99. The van der Waals surface area contributed by atoms with Crippen LogP contribution in [0.1, 0.15) is 5.56 Å². The van der Waals surface area contributed by atoms with E-state index in [1.807, 2.05) is 31.2 Å². The van der Waals surface area contributed by atoms with Gasteiger partial charge in [-0.25, -0.2) is 0 Å². The van der Waals surface area contributed by atoms with Crippen LogP contribution in [0.4, 0.5) is 5.13 Å². The zero-order valence-electron chi connectivity index (χ0n) is 7.88. The standard InChI is InChI=1S/C9H7N3O2S/c1-6-2-4-7(5-3-6)8-10-11-9(15-8)12(13)14/h2-5H,1H3. The van der Waals surface area contributed by atoms with Crippen molar-refractivity contribution in [1.82, 2.24) is 10.2 Å². The molecule has 15 heavy (non-hydrogen) atoms. The molecule has 6 heteroatoms. The first-order valence-electron chi connectivity index (χ1n) is 4.22. The van der Waals surface area contributed by atoms with Gasteiger partial charge in [0.2, 0.25) is 0 Å². The fraction of sp³-hybridized carbons (Fsp3) is 0.111. The summed E-state index contributed by atoms with van der Waals surface area (Å²) in [5.74, 6) is 0. The average Bonchev–Trinajstić information content (AvgIpc) is 2.68. The van der Waals surface area contributed by atoms with Gasteiger partial charge in [0.15, 0.2) is 5.01 Å². The highest BCUT2D eigenvalue weighted by molar-refractivity contribution is 7.17. The minimum Gasteiger partial charge on any atom is -0.357 e. The molecule has 1 aromatic heterocycles. The number of rotatable bonds is 2. The molecule has 0 saturated carbocycles. The van der Waals surface area contributed by atoms with Crippen LogP contribution in [0.15, 0.2) is 24.3 Å². The molecule has 0 saturated heterocycles. The van der Waals surface area contributed by atoms with Crippen molar-refractivity contribution >= 4 is 16.5 Å². The number of hydrogen-bond acceptors (Lipinski definition) is 5. The molecule has 0 radical (unpaired) electrons. The largest absolute Gasteiger partial charge is 0.450 e. The van der Waals surface area contributed by atoms with Gasteiger partial charge in [0.05, 0.1) is 5.10 Å². The number of nitro groups is 1. The lowest BCUT2D eigenvalue weighted by atomic mass is 10.2. The molecular formula is C9H7N3O2S. The van der Waals surface area contributed by atoms with Crippen LogP contribution in [-0.4, -0.2) is 15.1 Å². The van der Waals surface area contributed by atoms with Gasteiger partial charge in [-0.3, -0.25) is 0 Å². The molecule has 0 aliphatic carbocycles. The Kier molecular flexibility index (Phi) is 2.42. The molecule has 0 bridgehead atoms. The molecule has 0 spiro atoms. The third-order valence-corrected chi connectivity index (χ3v) is 2.79. The molecule has 0 N–H and O–H groups in total. The Balaban J connectivity index is 2.37. The Bertz CT molecular complexity index is 492. The summed E-state index contributed by atoms with van der Waals surface area (Å²) < 4.78 is 0. The van der Waals surface area contributed by atoms with Crippen LogP contribution in [0.5, 0.6) is 0 Å². The van der Waals surface area contributed by atoms with Crippen LogP contribution in [0.25, 0.3) is 10.6 Å². The zero-order valence-corrected chi connectivity index (χ0v) is 8.69. The summed E-state index contributed by atoms with van der Waals surface area (Å²) in [6.07, 6.45) is 0. The molecule has 1 aromatic carbocycles. The van der Waals surface area contributed by atoms with Gasteiger partial charge in [-0.2, -0.15) is 0 Å². The second-order valence-corrected chi connectivity index (χ2v) is 3.97. The molecule has 0 amide bonds. The summed E-state index contributed by atoms with van der Waals surface area (Å²) in [5, 5.41) is 18.1.